The highest BCUT2D eigenvalue weighted by Crippen LogP contribution is 2.23. The highest BCUT2D eigenvalue weighted by molar-refractivity contribution is 5.73. The summed E-state index contributed by atoms with van der Waals surface area (Å²) in [4.78, 5) is 16.4. The van der Waals surface area contributed by atoms with Crippen molar-refractivity contribution in [2.24, 2.45) is 11.7 Å². The number of carbonyl (C=O) groups is 1. The Kier molecular flexibility index (Phi) is 3.43. The van der Waals surface area contributed by atoms with E-state index in [1.165, 1.54) is 0 Å². The van der Waals surface area contributed by atoms with Gasteiger partial charge in [0, 0.05) is 25.7 Å². The number of imidazole rings is 1. The van der Waals surface area contributed by atoms with E-state index < -0.39 is 5.60 Å². The zero-order chi connectivity index (χ0) is 13.3. The van der Waals surface area contributed by atoms with Crippen LogP contribution < -0.4 is 5.73 Å². The van der Waals surface area contributed by atoms with Crippen molar-refractivity contribution in [2.75, 3.05) is 0 Å². The number of fused-ring (bicyclic) bond motifs is 1. The maximum atomic E-state index is 12.0. The van der Waals surface area contributed by atoms with E-state index in [0.29, 0.717) is 13.1 Å². The highest BCUT2D eigenvalue weighted by Gasteiger charge is 2.29. The summed E-state index contributed by atoms with van der Waals surface area (Å²) < 4.78 is 7.46. The molecule has 1 aliphatic heterocycles. The number of ether oxygens (including phenoxy) is 1. The lowest BCUT2D eigenvalue weighted by molar-refractivity contribution is -0.161. The van der Waals surface area contributed by atoms with Gasteiger partial charge in [0.25, 0.3) is 0 Å². The number of carbonyl (C=O) groups excluding carboxylic acids is 1. The first kappa shape index (κ1) is 13.1. The summed E-state index contributed by atoms with van der Waals surface area (Å²) in [7, 11) is 0. The van der Waals surface area contributed by atoms with E-state index >= 15 is 0 Å². The van der Waals surface area contributed by atoms with Gasteiger partial charge >= 0.3 is 5.97 Å². The van der Waals surface area contributed by atoms with E-state index in [0.717, 1.165) is 24.4 Å². The third-order valence-electron chi connectivity index (χ3n) is 2.99. The number of nitrogens with zero attached hydrogens (tertiary/aromatic N) is 2. The molecule has 1 aromatic heterocycles. The Balaban J connectivity index is 2.05. The van der Waals surface area contributed by atoms with Gasteiger partial charge in [0.15, 0.2) is 0 Å². The maximum absolute atomic E-state index is 12.0. The summed E-state index contributed by atoms with van der Waals surface area (Å²) in [5.41, 5.74) is 6.03. The quantitative estimate of drug-likeness (QED) is 0.803. The van der Waals surface area contributed by atoms with Crippen molar-refractivity contribution in [3.05, 3.63) is 17.7 Å². The van der Waals surface area contributed by atoms with Crippen molar-refractivity contribution in [3.8, 4) is 0 Å². The molecule has 1 atom stereocenters. The summed E-state index contributed by atoms with van der Waals surface area (Å²) in [5.74, 6) is 0.836. The fourth-order valence-electron chi connectivity index (χ4n) is 2.18. The number of rotatable bonds is 2. The van der Waals surface area contributed by atoms with Crippen LogP contribution in [0.15, 0.2) is 6.20 Å². The zero-order valence-electron chi connectivity index (χ0n) is 11.3. The molecular formula is C13H21N3O2. The van der Waals surface area contributed by atoms with Crippen molar-refractivity contribution >= 4 is 5.97 Å². The predicted octanol–water partition coefficient (Wildman–Crippen LogP) is 1.25. The Bertz CT molecular complexity index is 446. The number of aromatic nitrogens is 2. The van der Waals surface area contributed by atoms with Gasteiger partial charge in [-0.1, -0.05) is 0 Å². The van der Waals surface area contributed by atoms with Crippen LogP contribution in [0.25, 0.3) is 0 Å². The van der Waals surface area contributed by atoms with Crippen molar-refractivity contribution in [3.63, 3.8) is 0 Å². The van der Waals surface area contributed by atoms with Crippen LogP contribution in [0.3, 0.4) is 0 Å². The molecule has 100 valence electrons. The predicted molar refractivity (Wildman–Crippen MR) is 67.8 cm³/mol. The summed E-state index contributed by atoms with van der Waals surface area (Å²) in [5, 5.41) is 0. The van der Waals surface area contributed by atoms with E-state index in [4.69, 9.17) is 10.5 Å². The van der Waals surface area contributed by atoms with Gasteiger partial charge in [-0.15, -0.1) is 0 Å². The van der Waals surface area contributed by atoms with Crippen LogP contribution in [-0.2, 0) is 29.0 Å². The monoisotopic (exact) mass is 251 g/mol. The molecule has 0 saturated carbocycles. The molecule has 0 radical (unpaired) electrons. The van der Waals surface area contributed by atoms with Crippen molar-refractivity contribution < 1.29 is 9.53 Å². The lowest BCUT2D eigenvalue weighted by Gasteiger charge is -2.26. The second-order valence-corrected chi connectivity index (χ2v) is 5.77. The average Bonchev–Trinajstić information content (AvgIpc) is 2.68. The van der Waals surface area contributed by atoms with E-state index in [1.54, 1.807) is 0 Å². The van der Waals surface area contributed by atoms with Gasteiger partial charge in [0.05, 0.1) is 11.6 Å². The van der Waals surface area contributed by atoms with Gasteiger partial charge in [-0.05, 0) is 27.2 Å². The Morgan fingerprint density at radius 3 is 2.94 bits per heavy atom. The van der Waals surface area contributed by atoms with Crippen LogP contribution in [0.4, 0.5) is 0 Å². The normalized spacial score (nSPS) is 19.4. The van der Waals surface area contributed by atoms with Crippen LogP contribution >= 0.6 is 0 Å². The van der Waals surface area contributed by atoms with E-state index in [2.05, 4.69) is 4.98 Å². The molecule has 0 spiro atoms. The molecule has 0 saturated heterocycles. The maximum Gasteiger partial charge on any atom is 0.311 e. The summed E-state index contributed by atoms with van der Waals surface area (Å²) >= 11 is 0. The number of nitrogens with two attached hydrogens (primary N) is 1. The molecule has 2 N–H and O–H groups in total. The Labute approximate surface area is 107 Å². The smallest absolute Gasteiger partial charge is 0.311 e. The summed E-state index contributed by atoms with van der Waals surface area (Å²) in [6.07, 6.45) is 3.55. The number of hydrogen-bond donors (Lipinski definition) is 1. The minimum atomic E-state index is -0.422. The molecule has 0 fully saturated rings. The van der Waals surface area contributed by atoms with Crippen molar-refractivity contribution in [1.82, 2.24) is 9.55 Å². The van der Waals surface area contributed by atoms with Gasteiger partial charge in [0.1, 0.15) is 11.4 Å². The van der Waals surface area contributed by atoms with Crippen LogP contribution in [-0.4, -0.2) is 21.1 Å². The Hall–Kier alpha value is -1.36. The zero-order valence-corrected chi connectivity index (χ0v) is 11.3. The standard InChI is InChI=1S/C13H21N3O2/c1-13(2,3)18-12(17)9-4-5-11-15-10(6-14)8-16(11)7-9/h8-9H,4-7,14H2,1-3H3. The molecule has 5 heteroatoms. The molecule has 1 aliphatic rings. The van der Waals surface area contributed by atoms with E-state index in [9.17, 15) is 4.79 Å². The topological polar surface area (TPSA) is 70.1 Å². The summed E-state index contributed by atoms with van der Waals surface area (Å²) in [6.45, 7) is 6.77. The molecule has 1 aromatic rings. The Morgan fingerprint density at radius 1 is 1.61 bits per heavy atom. The van der Waals surface area contributed by atoms with Gasteiger partial charge in [-0.2, -0.15) is 0 Å². The van der Waals surface area contributed by atoms with Gasteiger partial charge in [0.2, 0.25) is 0 Å². The molecule has 0 bridgehead atoms. The fourth-order valence-corrected chi connectivity index (χ4v) is 2.18. The van der Waals surface area contributed by atoms with E-state index in [-0.39, 0.29) is 11.9 Å². The lowest BCUT2D eigenvalue weighted by Crippen LogP contribution is -2.33. The second kappa shape index (κ2) is 4.72. The minimum Gasteiger partial charge on any atom is -0.460 e. The third-order valence-corrected chi connectivity index (χ3v) is 2.99. The average molecular weight is 251 g/mol. The molecular weight excluding hydrogens is 230 g/mol. The second-order valence-electron chi connectivity index (χ2n) is 5.77. The van der Waals surface area contributed by atoms with Crippen LogP contribution in [0.1, 0.15) is 38.7 Å². The first-order valence-corrected chi connectivity index (χ1v) is 6.37. The minimum absolute atomic E-state index is 0.0726. The molecule has 2 heterocycles. The van der Waals surface area contributed by atoms with Crippen LogP contribution in [0.5, 0.6) is 0 Å². The molecule has 5 nitrogen and oxygen atoms in total. The molecule has 0 aliphatic carbocycles. The molecule has 2 rings (SSSR count). The number of esters is 1. The van der Waals surface area contributed by atoms with Crippen LogP contribution in [0.2, 0.25) is 0 Å². The first-order chi connectivity index (χ1) is 8.39. The molecule has 0 amide bonds. The third kappa shape index (κ3) is 2.90. The number of hydrogen-bond acceptors (Lipinski definition) is 4. The summed E-state index contributed by atoms with van der Waals surface area (Å²) in [6, 6.07) is 0. The molecule has 1 unspecified atom stereocenters. The number of aryl methyl sites for hydroxylation is 1. The van der Waals surface area contributed by atoms with Crippen LogP contribution in [0, 0.1) is 5.92 Å². The highest BCUT2D eigenvalue weighted by atomic mass is 16.6. The lowest BCUT2D eigenvalue weighted by atomic mass is 9.99. The van der Waals surface area contributed by atoms with Gasteiger partial charge in [-0.25, -0.2) is 4.98 Å². The van der Waals surface area contributed by atoms with Gasteiger partial charge < -0.3 is 15.0 Å². The first-order valence-electron chi connectivity index (χ1n) is 6.37. The SMILES string of the molecule is CC(C)(C)OC(=O)C1CCc2nc(CN)cn2C1. The fraction of sp³-hybridized carbons (Fsp3) is 0.692. The Morgan fingerprint density at radius 2 is 2.33 bits per heavy atom. The van der Waals surface area contributed by atoms with Crippen molar-refractivity contribution in [2.45, 2.75) is 52.3 Å². The largest absolute Gasteiger partial charge is 0.460 e. The van der Waals surface area contributed by atoms with Gasteiger partial charge in [-0.3, -0.25) is 4.79 Å². The van der Waals surface area contributed by atoms with E-state index in [1.807, 2.05) is 31.5 Å². The molecule has 0 aromatic carbocycles. The van der Waals surface area contributed by atoms with Crippen molar-refractivity contribution in [1.29, 1.82) is 0 Å². The molecule has 18 heavy (non-hydrogen) atoms.